The van der Waals surface area contributed by atoms with Gasteiger partial charge in [-0.05, 0) is 18.7 Å². The van der Waals surface area contributed by atoms with Gasteiger partial charge >= 0.3 is 0 Å². The first-order valence-corrected chi connectivity index (χ1v) is 5.16. The number of nitrogens with zero attached hydrogens (tertiary/aromatic N) is 4. The van der Waals surface area contributed by atoms with E-state index >= 15 is 0 Å². The molecule has 0 bridgehead atoms. The second-order valence-electron chi connectivity index (χ2n) is 2.78. The summed E-state index contributed by atoms with van der Waals surface area (Å²) in [5.41, 5.74) is 0. The lowest BCUT2D eigenvalue weighted by Crippen LogP contribution is -1.97. The summed E-state index contributed by atoms with van der Waals surface area (Å²) in [6, 6.07) is 1.86. The Kier molecular flexibility index (Phi) is 2.82. The summed E-state index contributed by atoms with van der Waals surface area (Å²) in [6.45, 7) is 1.85. The molecule has 0 spiro atoms. The van der Waals surface area contributed by atoms with E-state index in [1.165, 1.54) is 18.1 Å². The van der Waals surface area contributed by atoms with Gasteiger partial charge in [-0.25, -0.2) is 15.0 Å². The van der Waals surface area contributed by atoms with Gasteiger partial charge in [-0.2, -0.15) is 5.10 Å². The van der Waals surface area contributed by atoms with Crippen LogP contribution in [0.4, 0.5) is 5.82 Å². The average Bonchev–Trinajstić information content (AvgIpc) is 2.69. The molecule has 0 aliphatic heterocycles. The lowest BCUT2D eigenvalue weighted by Gasteiger charge is -2.03. The number of H-pyrrole nitrogens is 1. The second-order valence-corrected chi connectivity index (χ2v) is 3.79. The summed E-state index contributed by atoms with van der Waals surface area (Å²) in [7, 11) is 1.82. The van der Waals surface area contributed by atoms with Gasteiger partial charge in [0.2, 0.25) is 0 Å². The second kappa shape index (κ2) is 4.26. The van der Waals surface area contributed by atoms with E-state index in [0.717, 1.165) is 21.8 Å². The fourth-order valence-electron chi connectivity index (χ4n) is 1.06. The molecule has 0 radical (unpaired) electrons. The summed E-state index contributed by atoms with van der Waals surface area (Å²) in [6.07, 6.45) is 1.47. The minimum atomic E-state index is 0.718. The van der Waals surface area contributed by atoms with Crippen molar-refractivity contribution >= 4 is 17.6 Å². The summed E-state index contributed by atoms with van der Waals surface area (Å²) < 4.78 is 0. The fraction of sp³-hybridized carbons (Fsp3) is 0.250. The van der Waals surface area contributed by atoms with Crippen LogP contribution in [0.3, 0.4) is 0 Å². The quantitative estimate of drug-likeness (QED) is 0.757. The van der Waals surface area contributed by atoms with Crippen molar-refractivity contribution in [2.75, 3.05) is 12.4 Å². The number of hydrogen-bond acceptors (Lipinski definition) is 6. The number of rotatable bonds is 3. The van der Waals surface area contributed by atoms with E-state index in [0.29, 0.717) is 0 Å². The molecule has 0 saturated carbocycles. The minimum absolute atomic E-state index is 0.718. The van der Waals surface area contributed by atoms with Gasteiger partial charge in [0.1, 0.15) is 23.0 Å². The molecular formula is C8H10N6S. The van der Waals surface area contributed by atoms with Gasteiger partial charge < -0.3 is 5.32 Å². The van der Waals surface area contributed by atoms with Crippen LogP contribution < -0.4 is 5.32 Å². The number of nitrogens with one attached hydrogen (secondary N) is 2. The molecule has 0 aromatic carbocycles. The van der Waals surface area contributed by atoms with Gasteiger partial charge in [-0.1, -0.05) is 0 Å². The van der Waals surface area contributed by atoms with Crippen molar-refractivity contribution < 1.29 is 0 Å². The zero-order valence-corrected chi connectivity index (χ0v) is 9.17. The third kappa shape index (κ3) is 2.44. The highest BCUT2D eigenvalue weighted by Gasteiger charge is 2.04. The number of anilines is 1. The Balaban J connectivity index is 2.24. The van der Waals surface area contributed by atoms with Gasteiger partial charge in [-0.3, -0.25) is 5.10 Å². The van der Waals surface area contributed by atoms with Crippen LogP contribution in [0, 0.1) is 6.92 Å². The van der Waals surface area contributed by atoms with Gasteiger partial charge in [-0.15, -0.1) is 0 Å². The Morgan fingerprint density at radius 2 is 2.27 bits per heavy atom. The van der Waals surface area contributed by atoms with Crippen molar-refractivity contribution in [2.45, 2.75) is 17.1 Å². The largest absolute Gasteiger partial charge is 0.373 e. The predicted octanol–water partition coefficient (Wildman–Crippen LogP) is 1.10. The molecule has 0 aliphatic carbocycles. The van der Waals surface area contributed by atoms with E-state index in [1.54, 1.807) is 0 Å². The molecule has 0 aliphatic rings. The van der Waals surface area contributed by atoms with E-state index in [2.05, 4.69) is 30.5 Å². The van der Waals surface area contributed by atoms with Crippen molar-refractivity contribution in [3.63, 3.8) is 0 Å². The molecular weight excluding hydrogens is 212 g/mol. The maximum absolute atomic E-state index is 4.28. The van der Waals surface area contributed by atoms with Crippen LogP contribution >= 0.6 is 11.8 Å². The third-order valence-electron chi connectivity index (χ3n) is 1.66. The molecule has 0 amide bonds. The summed E-state index contributed by atoms with van der Waals surface area (Å²) in [5, 5.41) is 11.1. The third-order valence-corrected chi connectivity index (χ3v) is 2.47. The SMILES string of the molecule is CNc1cc(Sc2ncn[nH]2)nc(C)n1. The fourth-order valence-corrected chi connectivity index (χ4v) is 1.81. The number of hydrogen-bond donors (Lipinski definition) is 2. The Bertz CT molecular complexity index is 440. The van der Waals surface area contributed by atoms with Crippen LogP contribution in [0.15, 0.2) is 22.6 Å². The predicted molar refractivity (Wildman–Crippen MR) is 56.8 cm³/mol. The first-order chi connectivity index (χ1) is 7.28. The van der Waals surface area contributed by atoms with Crippen molar-refractivity contribution in [2.24, 2.45) is 0 Å². The van der Waals surface area contributed by atoms with E-state index < -0.39 is 0 Å². The maximum atomic E-state index is 4.28. The number of aromatic amines is 1. The molecule has 2 N–H and O–H groups in total. The highest BCUT2D eigenvalue weighted by atomic mass is 32.2. The zero-order chi connectivity index (χ0) is 10.7. The van der Waals surface area contributed by atoms with Crippen LogP contribution in [-0.4, -0.2) is 32.2 Å². The first-order valence-electron chi connectivity index (χ1n) is 4.34. The molecule has 2 aromatic rings. The Labute approximate surface area is 90.9 Å². The van der Waals surface area contributed by atoms with E-state index in [-0.39, 0.29) is 0 Å². The smallest absolute Gasteiger partial charge is 0.189 e. The molecule has 0 unspecified atom stereocenters. The molecule has 7 heteroatoms. The van der Waals surface area contributed by atoms with Gasteiger partial charge in [0.05, 0.1) is 0 Å². The summed E-state index contributed by atoms with van der Waals surface area (Å²) in [4.78, 5) is 12.5. The Morgan fingerprint density at radius 3 is 2.93 bits per heavy atom. The number of aromatic nitrogens is 5. The van der Waals surface area contributed by atoms with Gasteiger partial charge in [0.25, 0.3) is 0 Å². The van der Waals surface area contributed by atoms with Crippen molar-refractivity contribution in [1.29, 1.82) is 0 Å². The normalized spacial score (nSPS) is 10.3. The van der Waals surface area contributed by atoms with Crippen LogP contribution in [0.1, 0.15) is 5.82 Å². The molecule has 2 aromatic heterocycles. The molecule has 78 valence electrons. The van der Waals surface area contributed by atoms with Gasteiger partial charge in [0, 0.05) is 13.1 Å². The standard InChI is InChI=1S/C8H10N6S/c1-5-12-6(9-2)3-7(13-5)15-8-10-4-11-14-8/h3-4H,1-2H3,(H,9,12,13)(H,10,11,14). The lowest BCUT2D eigenvalue weighted by molar-refractivity contribution is 0.943. The van der Waals surface area contributed by atoms with Crippen molar-refractivity contribution in [1.82, 2.24) is 25.1 Å². The number of aryl methyl sites for hydroxylation is 1. The molecule has 0 fully saturated rings. The summed E-state index contributed by atoms with van der Waals surface area (Å²) in [5.74, 6) is 1.52. The molecule has 0 saturated heterocycles. The zero-order valence-electron chi connectivity index (χ0n) is 8.35. The lowest BCUT2D eigenvalue weighted by atomic mass is 10.5. The summed E-state index contributed by atoms with van der Waals surface area (Å²) >= 11 is 1.42. The van der Waals surface area contributed by atoms with Crippen LogP contribution in [0.25, 0.3) is 0 Å². The topological polar surface area (TPSA) is 79.4 Å². The molecule has 0 atom stereocenters. The van der Waals surface area contributed by atoms with Gasteiger partial charge in [0.15, 0.2) is 5.16 Å². The molecule has 15 heavy (non-hydrogen) atoms. The first kappa shape index (κ1) is 9.91. The minimum Gasteiger partial charge on any atom is -0.373 e. The average molecular weight is 222 g/mol. The molecule has 6 nitrogen and oxygen atoms in total. The molecule has 2 heterocycles. The van der Waals surface area contributed by atoms with E-state index in [9.17, 15) is 0 Å². The highest BCUT2D eigenvalue weighted by Crippen LogP contribution is 2.23. The monoisotopic (exact) mass is 222 g/mol. The highest BCUT2D eigenvalue weighted by molar-refractivity contribution is 7.99. The maximum Gasteiger partial charge on any atom is 0.189 e. The van der Waals surface area contributed by atoms with Crippen LogP contribution in [-0.2, 0) is 0 Å². The van der Waals surface area contributed by atoms with E-state index in [1.807, 2.05) is 20.0 Å². The Hall–Kier alpha value is -1.63. The van der Waals surface area contributed by atoms with Crippen molar-refractivity contribution in [3.8, 4) is 0 Å². The molecule has 2 rings (SSSR count). The van der Waals surface area contributed by atoms with E-state index in [4.69, 9.17) is 0 Å². The Morgan fingerprint density at radius 1 is 1.40 bits per heavy atom. The van der Waals surface area contributed by atoms with Crippen molar-refractivity contribution in [3.05, 3.63) is 18.2 Å². The van der Waals surface area contributed by atoms with Crippen LogP contribution in [0.2, 0.25) is 0 Å². The van der Waals surface area contributed by atoms with Crippen LogP contribution in [0.5, 0.6) is 0 Å².